The summed E-state index contributed by atoms with van der Waals surface area (Å²) < 4.78 is 13.1. The summed E-state index contributed by atoms with van der Waals surface area (Å²) in [5.41, 5.74) is 0.890. The molecule has 0 aliphatic heterocycles. The molecule has 0 spiro atoms. The molecule has 1 N–H and O–H groups in total. The molecule has 0 aromatic heterocycles. The Morgan fingerprint density at radius 2 is 1.67 bits per heavy atom. The number of anilines is 1. The smallest absolute Gasteiger partial charge is 0.335 e. The van der Waals surface area contributed by atoms with E-state index in [4.69, 9.17) is 16.7 Å². The molecule has 21 heavy (non-hydrogen) atoms. The predicted molar refractivity (Wildman–Crippen MR) is 77.5 cm³/mol. The summed E-state index contributed by atoms with van der Waals surface area (Å²) in [5.74, 6) is -2.01. The van der Waals surface area contributed by atoms with Gasteiger partial charge >= 0.3 is 5.97 Å². The Kier molecular flexibility index (Phi) is 4.23. The maximum absolute atomic E-state index is 13.1. The molecule has 0 fully saturated rings. The number of hydrogen-bond acceptors (Lipinski definition) is 2. The maximum Gasteiger partial charge on any atom is 0.335 e. The van der Waals surface area contributed by atoms with E-state index in [1.807, 2.05) is 0 Å². The van der Waals surface area contributed by atoms with Crippen molar-refractivity contribution in [3.63, 3.8) is 0 Å². The van der Waals surface area contributed by atoms with E-state index in [9.17, 15) is 14.0 Å². The Balaban J connectivity index is 2.25. The minimum absolute atomic E-state index is 0.129. The molecule has 0 heterocycles. The quantitative estimate of drug-likeness (QED) is 0.945. The van der Waals surface area contributed by atoms with Crippen molar-refractivity contribution in [3.05, 3.63) is 64.4 Å². The second-order valence-electron chi connectivity index (χ2n) is 4.35. The molecule has 0 atom stereocenters. The monoisotopic (exact) mass is 307 g/mol. The van der Waals surface area contributed by atoms with E-state index >= 15 is 0 Å². The van der Waals surface area contributed by atoms with Crippen LogP contribution in [-0.2, 0) is 0 Å². The van der Waals surface area contributed by atoms with Crippen LogP contribution in [0.1, 0.15) is 20.7 Å². The number of carboxylic acids is 1. The Bertz CT molecular complexity index is 701. The second kappa shape index (κ2) is 5.93. The molecule has 0 saturated heterocycles. The SMILES string of the molecule is CN(C(=O)c1ccc(F)c(Cl)c1)c1ccc(C(=O)O)cc1. The fourth-order valence-corrected chi connectivity index (χ4v) is 1.95. The van der Waals surface area contributed by atoms with Crippen LogP contribution in [0, 0.1) is 5.82 Å². The van der Waals surface area contributed by atoms with Gasteiger partial charge in [0.2, 0.25) is 0 Å². The topological polar surface area (TPSA) is 57.6 Å². The van der Waals surface area contributed by atoms with Gasteiger partial charge in [0.1, 0.15) is 5.82 Å². The summed E-state index contributed by atoms with van der Waals surface area (Å²) in [6.45, 7) is 0. The lowest BCUT2D eigenvalue weighted by Gasteiger charge is -2.17. The summed E-state index contributed by atoms with van der Waals surface area (Å²) in [6, 6.07) is 9.56. The zero-order chi connectivity index (χ0) is 15.6. The van der Waals surface area contributed by atoms with Crippen molar-refractivity contribution in [1.82, 2.24) is 0 Å². The van der Waals surface area contributed by atoms with Gasteiger partial charge in [0.05, 0.1) is 10.6 Å². The zero-order valence-corrected chi connectivity index (χ0v) is 11.8. The first-order valence-electron chi connectivity index (χ1n) is 5.96. The van der Waals surface area contributed by atoms with Crippen LogP contribution in [0.4, 0.5) is 10.1 Å². The van der Waals surface area contributed by atoms with E-state index in [2.05, 4.69) is 0 Å². The highest BCUT2D eigenvalue weighted by Crippen LogP contribution is 2.20. The number of benzene rings is 2. The fourth-order valence-electron chi connectivity index (χ4n) is 1.77. The van der Waals surface area contributed by atoms with Crippen molar-refractivity contribution in [2.75, 3.05) is 11.9 Å². The van der Waals surface area contributed by atoms with Gasteiger partial charge in [-0.3, -0.25) is 4.79 Å². The fraction of sp³-hybridized carbons (Fsp3) is 0.0667. The number of amides is 1. The molecule has 0 radical (unpaired) electrons. The van der Waals surface area contributed by atoms with E-state index in [1.54, 1.807) is 0 Å². The molecule has 0 unspecified atom stereocenters. The number of halogens is 2. The van der Waals surface area contributed by atoms with Gasteiger partial charge in [-0.05, 0) is 42.5 Å². The molecule has 2 aromatic carbocycles. The highest BCUT2D eigenvalue weighted by atomic mass is 35.5. The number of carboxylic acid groups (broad SMARTS) is 1. The molecule has 0 bridgehead atoms. The first-order valence-corrected chi connectivity index (χ1v) is 6.34. The summed E-state index contributed by atoms with van der Waals surface area (Å²) in [5, 5.41) is 8.70. The lowest BCUT2D eigenvalue weighted by atomic mass is 10.1. The predicted octanol–water partition coefficient (Wildman–Crippen LogP) is 3.45. The highest BCUT2D eigenvalue weighted by Gasteiger charge is 2.15. The van der Waals surface area contributed by atoms with E-state index in [0.29, 0.717) is 5.69 Å². The van der Waals surface area contributed by atoms with Gasteiger partial charge in [-0.15, -0.1) is 0 Å². The van der Waals surface area contributed by atoms with Crippen molar-refractivity contribution in [2.24, 2.45) is 0 Å². The molecule has 2 aromatic rings. The first kappa shape index (κ1) is 15.0. The Morgan fingerprint density at radius 1 is 1.10 bits per heavy atom. The lowest BCUT2D eigenvalue weighted by molar-refractivity contribution is 0.0696. The number of aromatic carboxylic acids is 1. The number of nitrogens with zero attached hydrogens (tertiary/aromatic N) is 1. The average Bonchev–Trinajstić information content (AvgIpc) is 2.48. The standard InChI is InChI=1S/C15H11ClFNO3/c1-18(11-5-2-9(3-6-11)15(20)21)14(19)10-4-7-13(17)12(16)8-10/h2-8H,1H3,(H,20,21). The van der Waals surface area contributed by atoms with Gasteiger partial charge in [-0.1, -0.05) is 11.6 Å². The maximum atomic E-state index is 13.1. The Hall–Kier alpha value is -2.40. The van der Waals surface area contributed by atoms with Crippen LogP contribution in [0.2, 0.25) is 5.02 Å². The minimum Gasteiger partial charge on any atom is -0.478 e. The highest BCUT2D eigenvalue weighted by molar-refractivity contribution is 6.31. The van der Waals surface area contributed by atoms with Crippen molar-refractivity contribution in [3.8, 4) is 0 Å². The normalized spacial score (nSPS) is 10.2. The van der Waals surface area contributed by atoms with E-state index in [0.717, 1.165) is 6.07 Å². The van der Waals surface area contributed by atoms with Gasteiger partial charge in [-0.2, -0.15) is 0 Å². The van der Waals surface area contributed by atoms with Gasteiger partial charge in [0, 0.05) is 18.3 Å². The third kappa shape index (κ3) is 3.20. The van der Waals surface area contributed by atoms with Crippen LogP contribution in [0.3, 0.4) is 0 Å². The summed E-state index contributed by atoms with van der Waals surface area (Å²) in [6.07, 6.45) is 0. The second-order valence-corrected chi connectivity index (χ2v) is 4.75. The largest absolute Gasteiger partial charge is 0.478 e. The van der Waals surface area contributed by atoms with Crippen LogP contribution in [0.15, 0.2) is 42.5 Å². The molecule has 6 heteroatoms. The molecule has 2 rings (SSSR count). The van der Waals surface area contributed by atoms with Crippen LogP contribution >= 0.6 is 11.6 Å². The third-order valence-corrected chi connectivity index (χ3v) is 3.26. The number of rotatable bonds is 3. The molecular formula is C15H11ClFNO3. The van der Waals surface area contributed by atoms with Gasteiger partial charge in [-0.25, -0.2) is 9.18 Å². The van der Waals surface area contributed by atoms with Crippen molar-refractivity contribution in [1.29, 1.82) is 0 Å². The van der Waals surface area contributed by atoms with E-state index in [1.165, 1.54) is 48.3 Å². The zero-order valence-electron chi connectivity index (χ0n) is 11.0. The van der Waals surface area contributed by atoms with Gasteiger partial charge < -0.3 is 10.0 Å². The summed E-state index contributed by atoms with van der Waals surface area (Å²) in [4.78, 5) is 24.4. The molecule has 4 nitrogen and oxygen atoms in total. The van der Waals surface area contributed by atoms with Crippen molar-refractivity contribution >= 4 is 29.2 Å². The minimum atomic E-state index is -1.04. The number of carbonyl (C=O) groups excluding carboxylic acids is 1. The van der Waals surface area contributed by atoms with Crippen LogP contribution < -0.4 is 4.90 Å². The molecule has 0 aliphatic carbocycles. The van der Waals surface area contributed by atoms with Crippen LogP contribution in [-0.4, -0.2) is 24.0 Å². The molecule has 0 aliphatic rings. The lowest BCUT2D eigenvalue weighted by Crippen LogP contribution is -2.26. The molecule has 0 saturated carbocycles. The van der Waals surface area contributed by atoms with Crippen LogP contribution in [0.25, 0.3) is 0 Å². The van der Waals surface area contributed by atoms with Crippen molar-refractivity contribution < 1.29 is 19.1 Å². The first-order chi connectivity index (χ1) is 9.90. The van der Waals surface area contributed by atoms with Crippen LogP contribution in [0.5, 0.6) is 0 Å². The summed E-state index contributed by atoms with van der Waals surface area (Å²) >= 11 is 5.65. The Labute approximate surface area is 125 Å². The molecule has 1 amide bonds. The number of carbonyl (C=O) groups is 2. The Morgan fingerprint density at radius 3 is 2.19 bits per heavy atom. The van der Waals surface area contributed by atoms with E-state index in [-0.39, 0.29) is 22.1 Å². The average molecular weight is 308 g/mol. The van der Waals surface area contributed by atoms with Gasteiger partial charge in [0.25, 0.3) is 5.91 Å². The summed E-state index contributed by atoms with van der Waals surface area (Å²) in [7, 11) is 1.54. The number of hydrogen-bond donors (Lipinski definition) is 1. The van der Waals surface area contributed by atoms with E-state index < -0.39 is 11.8 Å². The van der Waals surface area contributed by atoms with Gasteiger partial charge in [0.15, 0.2) is 0 Å². The van der Waals surface area contributed by atoms with Crippen molar-refractivity contribution in [2.45, 2.75) is 0 Å². The molecular weight excluding hydrogens is 297 g/mol. The molecule has 108 valence electrons. The third-order valence-electron chi connectivity index (χ3n) is 2.97.